The van der Waals surface area contributed by atoms with E-state index in [0.717, 1.165) is 57.8 Å². The van der Waals surface area contributed by atoms with E-state index in [-0.39, 0.29) is 18.6 Å². The molecule has 1 aromatic rings. The summed E-state index contributed by atoms with van der Waals surface area (Å²) in [6, 6.07) is 6.29. The van der Waals surface area contributed by atoms with Gasteiger partial charge in [-0.05, 0) is 105 Å². The number of fused-ring (bicyclic) bond motifs is 5. The fraction of sp³-hybridized carbons (Fsp3) is 0.733. The van der Waals surface area contributed by atoms with Crippen molar-refractivity contribution in [1.82, 2.24) is 9.80 Å². The van der Waals surface area contributed by atoms with E-state index >= 15 is 0 Å². The first-order valence-corrected chi connectivity index (χ1v) is 14.6. The first-order valence-electron chi connectivity index (χ1n) is 14.6. The molecule has 0 bridgehead atoms. The van der Waals surface area contributed by atoms with Gasteiger partial charge in [-0.2, -0.15) is 0 Å². The fourth-order valence-corrected chi connectivity index (χ4v) is 8.11. The van der Waals surface area contributed by atoms with E-state index in [1.807, 2.05) is 26.1 Å². The minimum absolute atomic E-state index is 0.114. The number of halogens is 3. The van der Waals surface area contributed by atoms with Gasteiger partial charge in [-0.25, -0.2) is 4.79 Å². The minimum atomic E-state index is -4.59. The molecule has 2 saturated carbocycles. The van der Waals surface area contributed by atoms with Crippen LogP contribution in [0.3, 0.4) is 0 Å². The first-order chi connectivity index (χ1) is 19.1. The van der Waals surface area contributed by atoms with Crippen molar-refractivity contribution < 1.29 is 37.0 Å². The molecule has 0 aromatic heterocycles. The van der Waals surface area contributed by atoms with E-state index in [1.54, 1.807) is 4.90 Å². The highest BCUT2D eigenvalue weighted by molar-refractivity contribution is 5.71. The number of carbonyl (C=O) groups excluding carboxylic acids is 2. The largest absolute Gasteiger partial charge is 0.522 e. The molecule has 0 spiro atoms. The summed E-state index contributed by atoms with van der Waals surface area (Å²) in [5, 5.41) is 0. The Bertz CT molecular complexity index is 1060. The van der Waals surface area contributed by atoms with Crippen LogP contribution in [0.4, 0.5) is 18.0 Å². The molecule has 3 fully saturated rings. The zero-order valence-electron chi connectivity index (χ0n) is 23.5. The number of likely N-dealkylation sites (tertiary alicyclic amines) is 1. The molecule has 222 valence electrons. The normalized spacial score (nSPS) is 30.5. The molecule has 40 heavy (non-hydrogen) atoms. The van der Waals surface area contributed by atoms with Crippen molar-refractivity contribution in [3.8, 4) is 5.75 Å². The summed E-state index contributed by atoms with van der Waals surface area (Å²) in [6.45, 7) is 4.60. The monoisotopic (exact) mass is 566 g/mol. The second kappa shape index (κ2) is 12.0. The number of aryl methyl sites for hydroxylation is 1. The number of piperidine rings is 1. The van der Waals surface area contributed by atoms with Crippen molar-refractivity contribution >= 4 is 12.4 Å². The second-order valence-electron chi connectivity index (χ2n) is 12.3. The number of alkyl halides is 3. The first kappa shape index (κ1) is 29.3. The summed E-state index contributed by atoms with van der Waals surface area (Å²) >= 11 is 0. The number of rotatable bonds is 8. The van der Waals surface area contributed by atoms with Crippen molar-refractivity contribution in [2.24, 2.45) is 17.3 Å². The number of aldehydes is 1. The second-order valence-corrected chi connectivity index (χ2v) is 12.3. The summed E-state index contributed by atoms with van der Waals surface area (Å²) in [5.41, 5.74) is 2.02. The number of benzene rings is 1. The molecular formula is C30H41F3N2O5. The predicted molar refractivity (Wildman–Crippen MR) is 142 cm³/mol. The molecule has 1 aromatic carbocycles. The molecule has 3 aliphatic carbocycles. The minimum Gasteiger partial charge on any atom is -0.410 e. The van der Waals surface area contributed by atoms with Gasteiger partial charge in [-0.3, -0.25) is 4.74 Å². The van der Waals surface area contributed by atoms with Gasteiger partial charge in [-0.15, -0.1) is 13.2 Å². The zero-order valence-corrected chi connectivity index (χ0v) is 23.5. The Morgan fingerprint density at radius 3 is 2.65 bits per heavy atom. The van der Waals surface area contributed by atoms with Crippen LogP contribution in [0.5, 0.6) is 5.75 Å². The topological polar surface area (TPSA) is 68.3 Å². The maximum Gasteiger partial charge on any atom is 0.522 e. The van der Waals surface area contributed by atoms with Gasteiger partial charge in [0, 0.05) is 25.7 Å². The van der Waals surface area contributed by atoms with Gasteiger partial charge in [0.1, 0.15) is 18.6 Å². The molecule has 0 N–H and O–H groups in total. The summed E-state index contributed by atoms with van der Waals surface area (Å²) < 4.78 is 54.8. The highest BCUT2D eigenvalue weighted by atomic mass is 19.4. The van der Waals surface area contributed by atoms with Crippen molar-refractivity contribution in [3.05, 3.63) is 29.3 Å². The highest BCUT2D eigenvalue weighted by Crippen LogP contribution is 2.62. The van der Waals surface area contributed by atoms with Crippen LogP contribution in [0.1, 0.15) is 68.9 Å². The van der Waals surface area contributed by atoms with Gasteiger partial charge in [0.15, 0.2) is 0 Å². The summed E-state index contributed by atoms with van der Waals surface area (Å²) in [5.74, 6) is 1.47. The van der Waals surface area contributed by atoms with Crippen LogP contribution < -0.4 is 4.74 Å². The average molecular weight is 567 g/mol. The Hall–Kier alpha value is -2.17. The lowest BCUT2D eigenvalue weighted by molar-refractivity contribution is -0.354. The summed E-state index contributed by atoms with van der Waals surface area (Å²) in [7, 11) is 2.04. The molecule has 5 unspecified atom stereocenters. The van der Waals surface area contributed by atoms with E-state index in [4.69, 9.17) is 9.47 Å². The number of hydrogen-bond acceptors (Lipinski definition) is 6. The zero-order chi connectivity index (χ0) is 28.5. The highest BCUT2D eigenvalue weighted by Gasteiger charge is 2.57. The van der Waals surface area contributed by atoms with Gasteiger partial charge in [0.25, 0.3) is 0 Å². The Morgan fingerprint density at radius 1 is 1.15 bits per heavy atom. The maximum absolute atomic E-state index is 13.0. The lowest BCUT2D eigenvalue weighted by atomic mass is 9.55. The van der Waals surface area contributed by atoms with E-state index in [9.17, 15) is 22.8 Å². The Labute approximate surface area is 234 Å². The van der Waals surface area contributed by atoms with Gasteiger partial charge >= 0.3 is 12.5 Å². The van der Waals surface area contributed by atoms with Crippen LogP contribution >= 0.6 is 0 Å². The Kier molecular flexibility index (Phi) is 8.78. The number of ether oxygens (including phenoxy) is 3. The third kappa shape index (κ3) is 6.19. The Morgan fingerprint density at radius 2 is 1.93 bits per heavy atom. The van der Waals surface area contributed by atoms with E-state index < -0.39 is 17.9 Å². The van der Waals surface area contributed by atoms with E-state index in [1.165, 1.54) is 11.1 Å². The average Bonchev–Trinajstić information content (AvgIpc) is 3.25. The third-order valence-electron chi connectivity index (χ3n) is 10.2. The number of nitrogens with zero attached hydrogens (tertiary/aromatic N) is 2. The Balaban J connectivity index is 1.15. The summed E-state index contributed by atoms with van der Waals surface area (Å²) in [6.07, 6.45) is 1.38. The van der Waals surface area contributed by atoms with Crippen molar-refractivity contribution in [2.45, 2.75) is 82.7 Å². The van der Waals surface area contributed by atoms with Gasteiger partial charge in [0.2, 0.25) is 0 Å². The van der Waals surface area contributed by atoms with Crippen LogP contribution in [0.25, 0.3) is 0 Å². The number of hydrogen-bond donors (Lipinski definition) is 0. The van der Waals surface area contributed by atoms with Crippen molar-refractivity contribution in [2.75, 3.05) is 39.9 Å². The standard InChI is InChI=1S/C30H41F3N2O5/c1-29-12-9-24-23-6-4-22(19-20(23)3-5-25(24)26(29)7-8-27(29)40-30(31,32)33)39-28(37)35-13-10-21(11-14-35)34(2)15-17-38-18-16-36/h4,6,16,19,21,24-27H,3,5,7-15,17-18H2,1-2H3. The third-order valence-corrected chi connectivity index (χ3v) is 10.2. The molecule has 7 nitrogen and oxygen atoms in total. The predicted octanol–water partition coefficient (Wildman–Crippen LogP) is 5.56. The lowest BCUT2D eigenvalue weighted by Crippen LogP contribution is -2.47. The summed E-state index contributed by atoms with van der Waals surface area (Å²) in [4.78, 5) is 27.3. The van der Waals surface area contributed by atoms with Crippen LogP contribution in [0.2, 0.25) is 0 Å². The van der Waals surface area contributed by atoms with Gasteiger partial charge < -0.3 is 24.1 Å². The van der Waals surface area contributed by atoms with Gasteiger partial charge in [-0.1, -0.05) is 13.0 Å². The molecule has 10 heteroatoms. The molecule has 4 aliphatic rings. The van der Waals surface area contributed by atoms with Crippen LogP contribution in [-0.2, 0) is 20.7 Å². The van der Waals surface area contributed by atoms with Crippen LogP contribution in [0, 0.1) is 17.3 Å². The quantitative estimate of drug-likeness (QED) is 0.303. The van der Waals surface area contributed by atoms with Crippen LogP contribution in [-0.4, -0.2) is 80.6 Å². The van der Waals surface area contributed by atoms with Gasteiger partial charge in [0.05, 0.1) is 12.7 Å². The SMILES string of the molecule is CN(CCOCC=O)C1CCN(C(=O)Oc2ccc3c(c2)CCC2C3CCC3(C)C(OC(F)(F)F)CCC23)CC1. The molecule has 5 rings (SSSR count). The smallest absolute Gasteiger partial charge is 0.410 e. The molecule has 1 aliphatic heterocycles. The molecule has 1 saturated heterocycles. The van der Waals surface area contributed by atoms with E-state index in [2.05, 4.69) is 15.7 Å². The molecule has 0 radical (unpaired) electrons. The molecule has 1 amide bonds. The number of amides is 1. The van der Waals surface area contributed by atoms with E-state index in [0.29, 0.717) is 49.7 Å². The number of likely N-dealkylation sites (N-methyl/N-ethyl adjacent to an activating group) is 1. The van der Waals surface area contributed by atoms with Crippen molar-refractivity contribution in [1.29, 1.82) is 0 Å². The fourth-order valence-electron chi connectivity index (χ4n) is 8.11. The molecule has 1 heterocycles. The van der Waals surface area contributed by atoms with Crippen molar-refractivity contribution in [3.63, 3.8) is 0 Å². The lowest BCUT2D eigenvalue weighted by Gasteiger charge is -2.50. The maximum atomic E-state index is 13.0. The number of carbonyl (C=O) groups is 2. The molecule has 5 atom stereocenters. The van der Waals surface area contributed by atoms with Crippen LogP contribution in [0.15, 0.2) is 18.2 Å². The molecular weight excluding hydrogens is 525 g/mol.